The van der Waals surface area contributed by atoms with Crippen molar-refractivity contribution in [2.24, 2.45) is 0 Å². The van der Waals surface area contributed by atoms with Crippen molar-refractivity contribution in [2.75, 3.05) is 11.9 Å². The molecule has 0 aliphatic carbocycles. The van der Waals surface area contributed by atoms with E-state index in [0.29, 0.717) is 30.8 Å². The molecule has 128 valence electrons. The van der Waals surface area contributed by atoms with E-state index in [0.717, 1.165) is 30.3 Å². The monoisotopic (exact) mass is 329 g/mol. The van der Waals surface area contributed by atoms with E-state index in [2.05, 4.69) is 27.4 Å². The number of imidazole rings is 1. The Labute approximate surface area is 140 Å². The van der Waals surface area contributed by atoms with E-state index in [1.165, 1.54) is 0 Å². The lowest BCUT2D eigenvalue weighted by atomic mass is 10.2. The van der Waals surface area contributed by atoms with Crippen molar-refractivity contribution in [1.29, 1.82) is 0 Å². The zero-order valence-corrected chi connectivity index (χ0v) is 14.1. The van der Waals surface area contributed by atoms with Gasteiger partial charge in [-0.25, -0.2) is 4.98 Å². The summed E-state index contributed by atoms with van der Waals surface area (Å²) in [6.07, 6.45) is 2.49. The number of para-hydroxylation sites is 2. The number of unbranched alkanes of at least 4 members (excludes halogenated alkanes) is 1. The summed E-state index contributed by atoms with van der Waals surface area (Å²) in [4.78, 5) is 9.05. The topological polar surface area (TPSA) is 89.0 Å². The number of fused-ring (bicyclic) bond motifs is 1. The molecule has 2 aromatic heterocycles. The molecule has 3 rings (SSSR count). The van der Waals surface area contributed by atoms with Crippen LogP contribution in [0, 0.1) is 0 Å². The van der Waals surface area contributed by atoms with Crippen molar-refractivity contribution in [1.82, 2.24) is 19.7 Å². The molecule has 0 amide bonds. The van der Waals surface area contributed by atoms with Crippen molar-refractivity contribution in [3.8, 4) is 0 Å². The molecule has 3 aromatic rings. The molecule has 2 N–H and O–H groups in total. The molecule has 0 fully saturated rings. The molecule has 0 spiro atoms. The van der Waals surface area contributed by atoms with Crippen LogP contribution in [0.25, 0.3) is 11.0 Å². The van der Waals surface area contributed by atoms with E-state index in [1.54, 1.807) is 6.92 Å². The highest BCUT2D eigenvalue weighted by Gasteiger charge is 2.14. The predicted octanol–water partition coefficient (Wildman–Crippen LogP) is 2.60. The molecular formula is C17H23N5O2. The fraction of sp³-hybridized carbons (Fsp3) is 0.471. The van der Waals surface area contributed by atoms with Crippen LogP contribution >= 0.6 is 0 Å². The number of aliphatic hydroxyl groups excluding tert-OH is 1. The average Bonchev–Trinajstić information content (AvgIpc) is 3.16. The molecule has 0 aliphatic rings. The van der Waals surface area contributed by atoms with Crippen LogP contribution in [-0.2, 0) is 13.0 Å². The third-order valence-electron chi connectivity index (χ3n) is 3.76. The summed E-state index contributed by atoms with van der Waals surface area (Å²) in [7, 11) is 0. The van der Waals surface area contributed by atoms with Gasteiger partial charge in [0.05, 0.1) is 23.7 Å². The van der Waals surface area contributed by atoms with Crippen molar-refractivity contribution in [3.05, 3.63) is 36.0 Å². The van der Waals surface area contributed by atoms with Crippen LogP contribution in [0.2, 0.25) is 0 Å². The fourth-order valence-corrected chi connectivity index (χ4v) is 2.53. The minimum Gasteiger partial charge on any atom is -0.392 e. The summed E-state index contributed by atoms with van der Waals surface area (Å²) in [6.45, 7) is 4.77. The van der Waals surface area contributed by atoms with E-state index in [-0.39, 0.29) is 0 Å². The standard InChI is InChI=1S/C17H23N5O2/c1-3-4-9-16-20-15(21-24-16)11-22-14-8-6-5-7-13(14)19-17(22)18-10-12(2)23/h5-8,12,23H,3-4,9-11H2,1-2H3,(H,18,19). The second-order valence-corrected chi connectivity index (χ2v) is 5.95. The van der Waals surface area contributed by atoms with E-state index in [4.69, 9.17) is 4.52 Å². The Kier molecular flexibility index (Phi) is 5.10. The molecule has 1 unspecified atom stereocenters. The number of anilines is 1. The summed E-state index contributed by atoms with van der Waals surface area (Å²) in [5, 5.41) is 16.8. The minimum absolute atomic E-state index is 0.428. The van der Waals surface area contributed by atoms with Gasteiger partial charge in [0.1, 0.15) is 0 Å². The van der Waals surface area contributed by atoms with Gasteiger partial charge in [0.2, 0.25) is 11.8 Å². The number of aromatic nitrogens is 4. The maximum atomic E-state index is 9.52. The van der Waals surface area contributed by atoms with Gasteiger partial charge in [0.25, 0.3) is 0 Å². The first-order valence-electron chi connectivity index (χ1n) is 8.36. The second-order valence-electron chi connectivity index (χ2n) is 5.95. The lowest BCUT2D eigenvalue weighted by Crippen LogP contribution is -2.18. The average molecular weight is 329 g/mol. The third-order valence-corrected chi connectivity index (χ3v) is 3.76. The number of benzene rings is 1. The van der Waals surface area contributed by atoms with E-state index >= 15 is 0 Å². The Morgan fingerprint density at radius 1 is 1.29 bits per heavy atom. The molecule has 0 saturated carbocycles. The highest BCUT2D eigenvalue weighted by Crippen LogP contribution is 2.20. The molecule has 2 heterocycles. The first-order valence-corrected chi connectivity index (χ1v) is 8.36. The largest absolute Gasteiger partial charge is 0.392 e. The molecule has 1 atom stereocenters. The summed E-state index contributed by atoms with van der Waals surface area (Å²) in [5.41, 5.74) is 1.88. The van der Waals surface area contributed by atoms with Gasteiger partial charge in [0, 0.05) is 13.0 Å². The van der Waals surface area contributed by atoms with Crippen LogP contribution in [0.4, 0.5) is 5.95 Å². The quantitative estimate of drug-likeness (QED) is 0.660. The smallest absolute Gasteiger partial charge is 0.226 e. The van der Waals surface area contributed by atoms with Crippen molar-refractivity contribution in [3.63, 3.8) is 0 Å². The first-order chi connectivity index (χ1) is 11.7. The van der Waals surface area contributed by atoms with E-state index in [9.17, 15) is 5.11 Å². The van der Waals surface area contributed by atoms with Gasteiger partial charge in [-0.1, -0.05) is 30.6 Å². The number of nitrogens with one attached hydrogen (secondary N) is 1. The molecule has 7 nitrogen and oxygen atoms in total. The molecule has 0 saturated heterocycles. The van der Waals surface area contributed by atoms with Crippen LogP contribution in [0.15, 0.2) is 28.8 Å². The van der Waals surface area contributed by atoms with Crippen LogP contribution < -0.4 is 5.32 Å². The van der Waals surface area contributed by atoms with Crippen LogP contribution in [0.1, 0.15) is 38.4 Å². The molecule has 0 bridgehead atoms. The maximum Gasteiger partial charge on any atom is 0.226 e. The zero-order valence-electron chi connectivity index (χ0n) is 14.1. The third kappa shape index (κ3) is 3.73. The first kappa shape index (κ1) is 16.4. The molecule has 0 aliphatic heterocycles. The lowest BCUT2D eigenvalue weighted by molar-refractivity contribution is 0.208. The highest BCUT2D eigenvalue weighted by atomic mass is 16.5. The SMILES string of the molecule is CCCCc1nc(Cn2c(NCC(C)O)nc3ccccc32)no1. The number of aryl methyl sites for hydroxylation is 1. The normalized spacial score (nSPS) is 12.6. The number of nitrogens with zero attached hydrogens (tertiary/aromatic N) is 4. The van der Waals surface area contributed by atoms with Gasteiger partial charge in [-0.15, -0.1) is 0 Å². The van der Waals surface area contributed by atoms with Crippen LogP contribution in [-0.4, -0.2) is 37.4 Å². The van der Waals surface area contributed by atoms with Crippen molar-refractivity contribution >= 4 is 17.0 Å². The molecule has 7 heteroatoms. The zero-order chi connectivity index (χ0) is 16.9. The van der Waals surface area contributed by atoms with E-state index < -0.39 is 6.10 Å². The summed E-state index contributed by atoms with van der Waals surface area (Å²) in [6, 6.07) is 7.90. The minimum atomic E-state index is -0.455. The summed E-state index contributed by atoms with van der Waals surface area (Å²) >= 11 is 0. The molecule has 0 radical (unpaired) electrons. The number of hydrogen-bond donors (Lipinski definition) is 2. The van der Waals surface area contributed by atoms with Crippen molar-refractivity contribution < 1.29 is 9.63 Å². The fourth-order valence-electron chi connectivity index (χ4n) is 2.53. The lowest BCUT2D eigenvalue weighted by Gasteiger charge is -2.10. The summed E-state index contributed by atoms with van der Waals surface area (Å²) in [5.74, 6) is 2.00. The van der Waals surface area contributed by atoms with Crippen LogP contribution in [0.5, 0.6) is 0 Å². The van der Waals surface area contributed by atoms with Gasteiger partial charge in [-0.2, -0.15) is 4.98 Å². The van der Waals surface area contributed by atoms with Gasteiger partial charge >= 0.3 is 0 Å². The van der Waals surface area contributed by atoms with Crippen molar-refractivity contribution in [2.45, 2.75) is 45.8 Å². The van der Waals surface area contributed by atoms with Crippen LogP contribution in [0.3, 0.4) is 0 Å². The maximum absolute atomic E-state index is 9.52. The van der Waals surface area contributed by atoms with Gasteiger partial charge in [0.15, 0.2) is 5.82 Å². The number of rotatable bonds is 8. The Hall–Kier alpha value is -2.41. The van der Waals surface area contributed by atoms with Gasteiger partial charge < -0.3 is 19.5 Å². The van der Waals surface area contributed by atoms with Gasteiger partial charge in [-0.3, -0.25) is 0 Å². The Balaban J connectivity index is 1.86. The van der Waals surface area contributed by atoms with Gasteiger partial charge in [-0.05, 0) is 25.5 Å². The Bertz CT molecular complexity index is 793. The van der Waals surface area contributed by atoms with E-state index in [1.807, 2.05) is 28.8 Å². The second kappa shape index (κ2) is 7.44. The Morgan fingerprint density at radius 2 is 2.12 bits per heavy atom. The number of aliphatic hydroxyl groups is 1. The predicted molar refractivity (Wildman–Crippen MR) is 91.9 cm³/mol. The summed E-state index contributed by atoms with van der Waals surface area (Å²) < 4.78 is 7.32. The highest BCUT2D eigenvalue weighted by molar-refractivity contribution is 5.78. The molecular weight excluding hydrogens is 306 g/mol. The number of hydrogen-bond acceptors (Lipinski definition) is 6. The Morgan fingerprint density at radius 3 is 2.92 bits per heavy atom. The molecule has 24 heavy (non-hydrogen) atoms. The molecule has 1 aromatic carbocycles.